The minimum absolute atomic E-state index is 0.0112. The second kappa shape index (κ2) is 7.72. The molecule has 1 amide bonds. The van der Waals surface area contributed by atoms with Gasteiger partial charge in [0.15, 0.2) is 0 Å². The van der Waals surface area contributed by atoms with E-state index in [1.807, 2.05) is 0 Å². The van der Waals surface area contributed by atoms with Crippen LogP contribution in [-0.4, -0.2) is 28.6 Å². The van der Waals surface area contributed by atoms with E-state index in [0.29, 0.717) is 12.0 Å². The lowest BCUT2D eigenvalue weighted by Gasteiger charge is -2.06. The molecule has 0 radical (unpaired) electrons. The summed E-state index contributed by atoms with van der Waals surface area (Å²) in [4.78, 5) is 31.4. The number of alkyl carbamates (subject to hydrolysis) is 1. The Morgan fingerprint density at radius 1 is 1.30 bits per heavy atom. The first kappa shape index (κ1) is 15.4. The minimum atomic E-state index is -0.925. The molecule has 0 bridgehead atoms. The molecule has 20 heavy (non-hydrogen) atoms. The zero-order valence-electron chi connectivity index (χ0n) is 10.6. The van der Waals surface area contributed by atoms with Gasteiger partial charge in [-0.1, -0.05) is 0 Å². The summed E-state index contributed by atoms with van der Waals surface area (Å²) in [6, 6.07) is 5.64. The zero-order chi connectivity index (χ0) is 15.0. The van der Waals surface area contributed by atoms with Crippen molar-refractivity contribution in [2.45, 2.75) is 19.4 Å². The molecule has 8 heteroatoms. The first-order valence-corrected chi connectivity index (χ1v) is 5.85. The Hall–Kier alpha value is -2.64. The monoisotopic (exact) mass is 282 g/mol. The number of non-ortho nitro benzene ring substituents is 1. The van der Waals surface area contributed by atoms with Crippen molar-refractivity contribution in [2.24, 2.45) is 0 Å². The Morgan fingerprint density at radius 2 is 1.95 bits per heavy atom. The van der Waals surface area contributed by atoms with Gasteiger partial charge in [0.25, 0.3) is 5.69 Å². The second-order valence-corrected chi connectivity index (χ2v) is 3.92. The third-order valence-corrected chi connectivity index (χ3v) is 2.35. The zero-order valence-corrected chi connectivity index (χ0v) is 10.6. The van der Waals surface area contributed by atoms with Gasteiger partial charge in [-0.15, -0.1) is 0 Å². The number of ether oxygens (including phenoxy) is 1. The maximum atomic E-state index is 11.2. The number of amides is 1. The van der Waals surface area contributed by atoms with Crippen molar-refractivity contribution in [3.8, 4) is 0 Å². The summed E-state index contributed by atoms with van der Waals surface area (Å²) >= 11 is 0. The number of benzene rings is 1. The van der Waals surface area contributed by atoms with Crippen LogP contribution in [0.4, 0.5) is 10.5 Å². The summed E-state index contributed by atoms with van der Waals surface area (Å²) in [5.41, 5.74) is 0.586. The minimum Gasteiger partial charge on any atom is -0.481 e. The number of nitrogens with zero attached hydrogens (tertiary/aromatic N) is 1. The lowest BCUT2D eigenvalue weighted by Crippen LogP contribution is -2.25. The van der Waals surface area contributed by atoms with Gasteiger partial charge in [-0.2, -0.15) is 0 Å². The summed E-state index contributed by atoms with van der Waals surface area (Å²) in [5.74, 6) is -0.925. The van der Waals surface area contributed by atoms with E-state index in [1.54, 1.807) is 0 Å². The molecule has 0 heterocycles. The number of carbonyl (C=O) groups excluding carboxylic acids is 1. The van der Waals surface area contributed by atoms with Gasteiger partial charge < -0.3 is 15.2 Å². The van der Waals surface area contributed by atoms with Crippen LogP contribution in [0.3, 0.4) is 0 Å². The first-order chi connectivity index (χ1) is 9.49. The molecule has 0 aromatic heterocycles. The van der Waals surface area contributed by atoms with Crippen LogP contribution < -0.4 is 5.32 Å². The average molecular weight is 282 g/mol. The van der Waals surface area contributed by atoms with E-state index < -0.39 is 17.0 Å². The number of rotatable bonds is 7. The van der Waals surface area contributed by atoms with Crippen molar-refractivity contribution in [2.75, 3.05) is 6.54 Å². The summed E-state index contributed by atoms with van der Waals surface area (Å²) in [6.45, 7) is 0.203. The number of nitrogens with one attached hydrogen (secondary N) is 1. The van der Waals surface area contributed by atoms with Crippen LogP contribution >= 0.6 is 0 Å². The van der Waals surface area contributed by atoms with Gasteiger partial charge in [0.1, 0.15) is 6.61 Å². The lowest BCUT2D eigenvalue weighted by atomic mass is 10.2. The third kappa shape index (κ3) is 5.80. The van der Waals surface area contributed by atoms with Crippen molar-refractivity contribution in [1.82, 2.24) is 5.32 Å². The molecule has 2 N–H and O–H groups in total. The van der Waals surface area contributed by atoms with Gasteiger partial charge in [0, 0.05) is 25.1 Å². The van der Waals surface area contributed by atoms with Crippen LogP contribution in [0.25, 0.3) is 0 Å². The summed E-state index contributed by atoms with van der Waals surface area (Å²) in [7, 11) is 0. The van der Waals surface area contributed by atoms with Gasteiger partial charge >= 0.3 is 12.1 Å². The fourth-order valence-electron chi connectivity index (χ4n) is 1.34. The molecule has 0 saturated carbocycles. The number of carbonyl (C=O) groups is 2. The smallest absolute Gasteiger partial charge is 0.407 e. The van der Waals surface area contributed by atoms with Crippen molar-refractivity contribution >= 4 is 17.7 Å². The van der Waals surface area contributed by atoms with Crippen LogP contribution in [0.1, 0.15) is 18.4 Å². The fourth-order valence-corrected chi connectivity index (χ4v) is 1.34. The predicted octanol–water partition coefficient (Wildman–Crippen LogP) is 1.69. The van der Waals surface area contributed by atoms with E-state index >= 15 is 0 Å². The van der Waals surface area contributed by atoms with Gasteiger partial charge in [0.2, 0.25) is 0 Å². The predicted molar refractivity (Wildman–Crippen MR) is 68.2 cm³/mol. The Morgan fingerprint density at radius 3 is 2.50 bits per heavy atom. The van der Waals surface area contributed by atoms with E-state index in [2.05, 4.69) is 5.32 Å². The Balaban J connectivity index is 2.26. The Labute approximate surface area is 114 Å². The largest absolute Gasteiger partial charge is 0.481 e. The Kier molecular flexibility index (Phi) is 5.95. The number of aliphatic carboxylic acids is 1. The molecular formula is C12H14N2O6. The van der Waals surface area contributed by atoms with Gasteiger partial charge in [-0.25, -0.2) is 4.79 Å². The Bertz CT molecular complexity index is 485. The highest BCUT2D eigenvalue weighted by Crippen LogP contribution is 2.12. The van der Waals surface area contributed by atoms with E-state index in [4.69, 9.17) is 9.84 Å². The van der Waals surface area contributed by atoms with E-state index in [-0.39, 0.29) is 25.3 Å². The number of nitro groups is 1. The number of carboxylic acid groups (broad SMARTS) is 1. The molecule has 0 atom stereocenters. The van der Waals surface area contributed by atoms with E-state index in [1.165, 1.54) is 24.3 Å². The first-order valence-electron chi connectivity index (χ1n) is 5.85. The molecular weight excluding hydrogens is 268 g/mol. The molecule has 108 valence electrons. The molecule has 0 unspecified atom stereocenters. The summed E-state index contributed by atoms with van der Waals surface area (Å²) in [5, 5.41) is 21.2. The normalized spacial score (nSPS) is 9.80. The molecule has 0 fully saturated rings. The highest BCUT2D eigenvalue weighted by molar-refractivity contribution is 5.68. The van der Waals surface area contributed by atoms with Gasteiger partial charge in [0.05, 0.1) is 4.92 Å². The molecule has 0 aliphatic heterocycles. The topological polar surface area (TPSA) is 119 Å². The molecule has 1 aromatic rings. The number of nitro benzene ring substituents is 1. The third-order valence-electron chi connectivity index (χ3n) is 2.35. The maximum absolute atomic E-state index is 11.2. The van der Waals surface area contributed by atoms with Crippen LogP contribution in [0.5, 0.6) is 0 Å². The highest BCUT2D eigenvalue weighted by Gasteiger charge is 2.06. The van der Waals surface area contributed by atoms with Crippen molar-refractivity contribution in [1.29, 1.82) is 0 Å². The number of hydrogen-bond donors (Lipinski definition) is 2. The molecule has 1 aromatic carbocycles. The molecule has 1 rings (SSSR count). The maximum Gasteiger partial charge on any atom is 0.407 e. The van der Waals surface area contributed by atoms with Gasteiger partial charge in [-0.3, -0.25) is 14.9 Å². The summed E-state index contributed by atoms with van der Waals surface area (Å²) in [6.07, 6.45) is -0.362. The van der Waals surface area contributed by atoms with E-state index in [9.17, 15) is 19.7 Å². The fraction of sp³-hybridized carbons (Fsp3) is 0.333. The van der Waals surface area contributed by atoms with Crippen LogP contribution in [0, 0.1) is 10.1 Å². The molecule has 0 aliphatic rings. The van der Waals surface area contributed by atoms with Crippen molar-refractivity contribution < 1.29 is 24.4 Å². The molecule has 8 nitrogen and oxygen atoms in total. The van der Waals surface area contributed by atoms with Crippen LogP contribution in [0.15, 0.2) is 24.3 Å². The second-order valence-electron chi connectivity index (χ2n) is 3.92. The standard InChI is InChI=1S/C12H14N2O6/c15-11(16)2-1-7-13-12(17)20-8-9-3-5-10(6-4-9)14(18)19/h3-6H,1-2,7-8H2,(H,13,17)(H,15,16). The molecule has 0 aliphatic carbocycles. The highest BCUT2D eigenvalue weighted by atomic mass is 16.6. The van der Waals surface area contributed by atoms with Gasteiger partial charge in [-0.05, 0) is 24.1 Å². The van der Waals surface area contributed by atoms with Crippen molar-refractivity contribution in [3.63, 3.8) is 0 Å². The number of hydrogen-bond acceptors (Lipinski definition) is 5. The van der Waals surface area contributed by atoms with Crippen LogP contribution in [0.2, 0.25) is 0 Å². The molecule has 0 saturated heterocycles. The molecule has 0 spiro atoms. The quantitative estimate of drug-likeness (QED) is 0.446. The van der Waals surface area contributed by atoms with Crippen LogP contribution in [-0.2, 0) is 16.1 Å². The number of carboxylic acids is 1. The summed E-state index contributed by atoms with van der Waals surface area (Å²) < 4.78 is 4.87. The van der Waals surface area contributed by atoms with Crippen molar-refractivity contribution in [3.05, 3.63) is 39.9 Å². The lowest BCUT2D eigenvalue weighted by molar-refractivity contribution is -0.384. The average Bonchev–Trinajstić information content (AvgIpc) is 2.41. The van der Waals surface area contributed by atoms with E-state index in [0.717, 1.165) is 0 Å². The SMILES string of the molecule is O=C(O)CCCNC(=O)OCc1ccc([N+](=O)[O-])cc1.